The van der Waals surface area contributed by atoms with E-state index in [1.165, 1.54) is 6.20 Å². The largest absolute Gasteiger partial charge is 0.345 e. The Hall–Kier alpha value is -1.49. The molecule has 17 heavy (non-hydrogen) atoms. The van der Waals surface area contributed by atoms with E-state index in [1.807, 2.05) is 20.8 Å². The number of aromatic nitrogens is 1. The van der Waals surface area contributed by atoms with Crippen LogP contribution in [-0.2, 0) is 0 Å². The Morgan fingerprint density at radius 1 is 1.59 bits per heavy atom. The molecule has 0 aliphatic rings. The van der Waals surface area contributed by atoms with Gasteiger partial charge >= 0.3 is 0 Å². The molecule has 0 fully saturated rings. The van der Waals surface area contributed by atoms with Gasteiger partial charge in [0.1, 0.15) is 5.82 Å². The zero-order valence-electron chi connectivity index (χ0n) is 10.3. The molecular weight excluding hydrogens is 221 g/mol. The van der Waals surface area contributed by atoms with Crippen molar-refractivity contribution in [2.75, 3.05) is 6.54 Å². The minimum atomic E-state index is -0.531. The third-order valence-electron chi connectivity index (χ3n) is 3.06. The van der Waals surface area contributed by atoms with E-state index in [0.717, 1.165) is 12.3 Å². The fourth-order valence-electron chi connectivity index (χ4n) is 1.30. The summed E-state index contributed by atoms with van der Waals surface area (Å²) in [7, 11) is 0. The quantitative estimate of drug-likeness (QED) is 0.832. The van der Waals surface area contributed by atoms with Crippen LogP contribution in [0.4, 0.5) is 4.39 Å². The summed E-state index contributed by atoms with van der Waals surface area (Å²) in [6, 6.07) is 1.15. The summed E-state index contributed by atoms with van der Waals surface area (Å²) >= 11 is 0. The normalized spacial score (nSPS) is 14.5. The molecule has 0 aromatic carbocycles. The van der Waals surface area contributed by atoms with Gasteiger partial charge in [-0.25, -0.2) is 4.39 Å². The van der Waals surface area contributed by atoms with E-state index in [0.29, 0.717) is 6.54 Å². The molecule has 3 N–H and O–H groups in total. The molecule has 1 amide bonds. The van der Waals surface area contributed by atoms with Crippen LogP contribution in [0.5, 0.6) is 0 Å². The van der Waals surface area contributed by atoms with E-state index in [-0.39, 0.29) is 17.4 Å². The number of pyridine rings is 1. The van der Waals surface area contributed by atoms with Crippen LogP contribution in [0.2, 0.25) is 0 Å². The van der Waals surface area contributed by atoms with Gasteiger partial charge in [0.05, 0.1) is 17.3 Å². The second-order valence-corrected chi connectivity index (χ2v) is 4.62. The van der Waals surface area contributed by atoms with Crippen molar-refractivity contribution in [1.82, 2.24) is 10.3 Å². The maximum atomic E-state index is 12.9. The summed E-state index contributed by atoms with van der Waals surface area (Å²) in [6.45, 7) is 6.12. The Morgan fingerprint density at radius 2 is 2.24 bits per heavy atom. The lowest BCUT2D eigenvalue weighted by atomic mass is 9.88. The van der Waals surface area contributed by atoms with Gasteiger partial charge in [-0.05, 0) is 18.9 Å². The van der Waals surface area contributed by atoms with Crippen LogP contribution >= 0.6 is 0 Å². The van der Waals surface area contributed by atoms with Gasteiger partial charge in [-0.1, -0.05) is 13.8 Å². The highest BCUT2D eigenvalue weighted by Crippen LogP contribution is 2.15. The Balaban J connectivity index is 2.85. The first-order valence-electron chi connectivity index (χ1n) is 5.52. The van der Waals surface area contributed by atoms with E-state index < -0.39 is 11.4 Å². The number of rotatable bonds is 4. The standard InChI is InChI=1S/C12H18FN3O/c1-8(2)12(3,7-14)16-11(17)9-4-10(13)6-15-5-9/h4-6,8H,7,14H2,1-3H3,(H,16,17). The molecule has 1 rings (SSSR count). The van der Waals surface area contributed by atoms with E-state index in [9.17, 15) is 9.18 Å². The maximum absolute atomic E-state index is 12.9. The van der Waals surface area contributed by atoms with Crippen LogP contribution in [0.25, 0.3) is 0 Å². The molecule has 1 aromatic heterocycles. The fourth-order valence-corrected chi connectivity index (χ4v) is 1.30. The van der Waals surface area contributed by atoms with Crippen molar-refractivity contribution in [3.8, 4) is 0 Å². The van der Waals surface area contributed by atoms with Crippen LogP contribution in [0.1, 0.15) is 31.1 Å². The van der Waals surface area contributed by atoms with Gasteiger partial charge < -0.3 is 11.1 Å². The molecule has 0 saturated carbocycles. The van der Waals surface area contributed by atoms with Crippen molar-refractivity contribution < 1.29 is 9.18 Å². The zero-order valence-corrected chi connectivity index (χ0v) is 10.3. The third-order valence-corrected chi connectivity index (χ3v) is 3.06. The minimum absolute atomic E-state index is 0.179. The Bertz CT molecular complexity index is 408. The summed E-state index contributed by atoms with van der Waals surface area (Å²) in [5.74, 6) is -0.715. The second-order valence-electron chi connectivity index (χ2n) is 4.62. The lowest BCUT2D eigenvalue weighted by molar-refractivity contribution is 0.0882. The van der Waals surface area contributed by atoms with Gasteiger partial charge in [0.2, 0.25) is 0 Å². The summed E-state index contributed by atoms with van der Waals surface area (Å²) in [6.07, 6.45) is 2.39. The van der Waals surface area contributed by atoms with Gasteiger partial charge in [-0.2, -0.15) is 0 Å². The highest BCUT2D eigenvalue weighted by Gasteiger charge is 2.29. The predicted molar refractivity (Wildman–Crippen MR) is 64.0 cm³/mol. The van der Waals surface area contributed by atoms with Crippen LogP contribution in [0.3, 0.4) is 0 Å². The van der Waals surface area contributed by atoms with Crippen LogP contribution < -0.4 is 11.1 Å². The number of carbonyl (C=O) groups excluding carboxylic acids is 1. The fraction of sp³-hybridized carbons (Fsp3) is 0.500. The van der Waals surface area contributed by atoms with E-state index >= 15 is 0 Å². The zero-order chi connectivity index (χ0) is 13.1. The number of carbonyl (C=O) groups is 1. The first-order valence-corrected chi connectivity index (χ1v) is 5.52. The number of nitrogens with two attached hydrogens (primary N) is 1. The van der Waals surface area contributed by atoms with Crippen molar-refractivity contribution in [2.45, 2.75) is 26.3 Å². The lowest BCUT2D eigenvalue weighted by Crippen LogP contribution is -2.55. The SMILES string of the molecule is CC(C)C(C)(CN)NC(=O)c1cncc(F)c1. The minimum Gasteiger partial charge on any atom is -0.345 e. The molecule has 0 aliphatic carbocycles. The Kier molecular flexibility index (Phi) is 4.17. The molecule has 0 spiro atoms. The molecule has 1 unspecified atom stereocenters. The predicted octanol–water partition coefficient (Wildman–Crippen LogP) is 1.32. The van der Waals surface area contributed by atoms with Crippen molar-refractivity contribution in [2.24, 2.45) is 11.7 Å². The van der Waals surface area contributed by atoms with Gasteiger partial charge in [0.25, 0.3) is 5.91 Å². The van der Waals surface area contributed by atoms with Crippen molar-refractivity contribution in [3.05, 3.63) is 29.8 Å². The van der Waals surface area contributed by atoms with Crippen molar-refractivity contribution >= 4 is 5.91 Å². The highest BCUT2D eigenvalue weighted by atomic mass is 19.1. The van der Waals surface area contributed by atoms with E-state index in [2.05, 4.69) is 10.3 Å². The molecule has 0 bridgehead atoms. The van der Waals surface area contributed by atoms with E-state index in [1.54, 1.807) is 0 Å². The Morgan fingerprint density at radius 3 is 2.71 bits per heavy atom. The second kappa shape index (κ2) is 5.23. The van der Waals surface area contributed by atoms with E-state index in [4.69, 9.17) is 5.73 Å². The average Bonchev–Trinajstić information content (AvgIpc) is 2.28. The monoisotopic (exact) mass is 239 g/mol. The average molecular weight is 239 g/mol. The van der Waals surface area contributed by atoms with Crippen LogP contribution in [0, 0.1) is 11.7 Å². The van der Waals surface area contributed by atoms with Gasteiger partial charge in [-0.3, -0.25) is 9.78 Å². The molecule has 94 valence electrons. The molecular formula is C12H18FN3O. The molecule has 0 saturated heterocycles. The number of hydrogen-bond acceptors (Lipinski definition) is 3. The number of nitrogens with one attached hydrogen (secondary N) is 1. The van der Waals surface area contributed by atoms with Gasteiger partial charge in [0, 0.05) is 12.7 Å². The molecule has 1 aromatic rings. The van der Waals surface area contributed by atoms with Crippen molar-refractivity contribution in [1.29, 1.82) is 0 Å². The topological polar surface area (TPSA) is 68.0 Å². The highest BCUT2D eigenvalue weighted by molar-refractivity contribution is 5.94. The van der Waals surface area contributed by atoms with Gasteiger partial charge in [0.15, 0.2) is 0 Å². The summed E-state index contributed by atoms with van der Waals surface area (Å²) in [5, 5.41) is 2.82. The molecule has 0 aliphatic heterocycles. The smallest absolute Gasteiger partial charge is 0.253 e. The number of halogens is 1. The molecule has 5 heteroatoms. The number of nitrogens with zero attached hydrogens (tertiary/aromatic N) is 1. The summed E-state index contributed by atoms with van der Waals surface area (Å²) in [5.41, 5.74) is 5.35. The molecule has 1 heterocycles. The molecule has 0 radical (unpaired) electrons. The first kappa shape index (κ1) is 13.6. The summed E-state index contributed by atoms with van der Waals surface area (Å²) in [4.78, 5) is 15.5. The first-order chi connectivity index (χ1) is 7.89. The van der Waals surface area contributed by atoms with Crippen molar-refractivity contribution in [3.63, 3.8) is 0 Å². The summed E-state index contributed by atoms with van der Waals surface area (Å²) < 4.78 is 12.9. The Labute approximate surface area is 100 Å². The number of hydrogen-bond donors (Lipinski definition) is 2. The lowest BCUT2D eigenvalue weighted by Gasteiger charge is -2.33. The van der Waals surface area contributed by atoms with Crippen LogP contribution in [0.15, 0.2) is 18.5 Å². The third kappa shape index (κ3) is 3.23. The van der Waals surface area contributed by atoms with Crippen LogP contribution in [-0.4, -0.2) is 23.0 Å². The number of amides is 1. The maximum Gasteiger partial charge on any atom is 0.253 e. The van der Waals surface area contributed by atoms with Gasteiger partial charge in [-0.15, -0.1) is 0 Å². The molecule has 1 atom stereocenters. The molecule has 4 nitrogen and oxygen atoms in total.